The summed E-state index contributed by atoms with van der Waals surface area (Å²) >= 11 is 0. The zero-order valence-corrected chi connectivity index (χ0v) is 16.8. The molecule has 7 nitrogen and oxygen atoms in total. The molecule has 2 aromatic heterocycles. The molecule has 0 radical (unpaired) electrons. The summed E-state index contributed by atoms with van der Waals surface area (Å²) in [5.41, 5.74) is 4.73. The number of pyridine rings is 1. The summed E-state index contributed by atoms with van der Waals surface area (Å²) in [4.78, 5) is 30.0. The number of carbonyl (C=O) groups excluding carboxylic acids is 1. The van der Waals surface area contributed by atoms with Gasteiger partial charge in [-0.05, 0) is 42.7 Å². The Morgan fingerprint density at radius 2 is 1.97 bits per heavy atom. The number of anilines is 2. The number of amides is 1. The Morgan fingerprint density at radius 1 is 1.17 bits per heavy atom. The molecule has 1 aliphatic carbocycles. The molecule has 0 atom stereocenters. The van der Waals surface area contributed by atoms with E-state index in [9.17, 15) is 4.79 Å². The highest BCUT2D eigenvalue weighted by Crippen LogP contribution is 2.57. The molecule has 5 rings (SSSR count). The van der Waals surface area contributed by atoms with Gasteiger partial charge < -0.3 is 14.9 Å². The minimum absolute atomic E-state index is 0.0567. The first-order valence-corrected chi connectivity index (χ1v) is 10.1. The van der Waals surface area contributed by atoms with Crippen molar-refractivity contribution in [2.45, 2.75) is 18.3 Å². The van der Waals surface area contributed by atoms with Crippen molar-refractivity contribution < 1.29 is 9.90 Å². The van der Waals surface area contributed by atoms with Gasteiger partial charge in [-0.15, -0.1) is 0 Å². The van der Waals surface area contributed by atoms with Crippen LogP contribution in [-0.2, 0) is 5.41 Å². The number of nitrogens with zero attached hydrogens (tertiary/aromatic N) is 5. The first kappa shape index (κ1) is 18.7. The average Bonchev–Trinajstić information content (AvgIpc) is 3.50. The van der Waals surface area contributed by atoms with Crippen molar-refractivity contribution in [2.24, 2.45) is 0 Å². The molecular formula is C23H23N5O2. The quantitative estimate of drug-likeness (QED) is 0.708. The number of aliphatic hydroxyl groups is 1. The summed E-state index contributed by atoms with van der Waals surface area (Å²) in [5.74, 6) is 0.531. The smallest absolute Gasteiger partial charge is 0.253 e. The third-order valence-electron chi connectivity index (χ3n) is 6.04. The van der Waals surface area contributed by atoms with Crippen molar-refractivity contribution in [3.63, 3.8) is 0 Å². The number of fused-ring (bicyclic) bond motifs is 2. The summed E-state index contributed by atoms with van der Waals surface area (Å²) in [6.07, 6.45) is 7.63. The molecular weight excluding hydrogens is 378 g/mol. The molecule has 3 heterocycles. The fourth-order valence-corrected chi connectivity index (χ4v) is 4.16. The van der Waals surface area contributed by atoms with Crippen LogP contribution in [0.4, 0.5) is 11.6 Å². The lowest BCUT2D eigenvalue weighted by Gasteiger charge is -2.19. The van der Waals surface area contributed by atoms with E-state index < -0.39 is 0 Å². The molecule has 1 amide bonds. The van der Waals surface area contributed by atoms with E-state index in [1.165, 1.54) is 10.5 Å². The largest absolute Gasteiger partial charge is 0.395 e. The monoisotopic (exact) mass is 401 g/mol. The molecule has 0 saturated heterocycles. The first-order chi connectivity index (χ1) is 14.6. The Kier molecular flexibility index (Phi) is 4.47. The van der Waals surface area contributed by atoms with Gasteiger partial charge in [0, 0.05) is 61.0 Å². The van der Waals surface area contributed by atoms with Gasteiger partial charge in [-0.2, -0.15) is 0 Å². The predicted octanol–water partition coefficient (Wildman–Crippen LogP) is 2.79. The predicted molar refractivity (Wildman–Crippen MR) is 114 cm³/mol. The fraction of sp³-hybridized carbons (Fsp3) is 0.304. The topological polar surface area (TPSA) is 82.5 Å². The third kappa shape index (κ3) is 3.11. The van der Waals surface area contributed by atoms with E-state index in [-0.39, 0.29) is 17.9 Å². The van der Waals surface area contributed by atoms with Crippen molar-refractivity contribution >= 4 is 17.5 Å². The minimum Gasteiger partial charge on any atom is -0.395 e. The number of hydrogen-bond acceptors (Lipinski definition) is 6. The van der Waals surface area contributed by atoms with Crippen LogP contribution in [0.25, 0.3) is 11.3 Å². The third-order valence-corrected chi connectivity index (χ3v) is 6.04. The number of likely N-dealkylation sites (N-methyl/N-ethyl adjacent to an activating group) is 1. The molecule has 0 unspecified atom stereocenters. The molecule has 1 fully saturated rings. The van der Waals surface area contributed by atoms with Crippen LogP contribution in [0, 0.1) is 0 Å². The van der Waals surface area contributed by atoms with E-state index in [1.807, 2.05) is 30.3 Å². The molecule has 7 heteroatoms. The van der Waals surface area contributed by atoms with Gasteiger partial charge in [0.2, 0.25) is 5.95 Å². The standard InChI is InChI=1S/C23H23N5O2/c1-27(10-11-29)21(30)16-5-6-18-20(12-16)28(15-23(18)7-8-23)22-25-13-17(14-26-22)19-4-2-3-9-24-19/h2-6,9,12-14,29H,7-8,10-11,15H2,1H3. The molecule has 30 heavy (non-hydrogen) atoms. The average molecular weight is 401 g/mol. The van der Waals surface area contributed by atoms with Crippen LogP contribution in [-0.4, -0.2) is 57.6 Å². The molecule has 152 valence electrons. The number of benzene rings is 1. The number of hydrogen-bond donors (Lipinski definition) is 1. The summed E-state index contributed by atoms with van der Waals surface area (Å²) in [6, 6.07) is 11.7. The van der Waals surface area contributed by atoms with Crippen LogP contribution < -0.4 is 4.90 Å². The van der Waals surface area contributed by atoms with Crippen molar-refractivity contribution in [1.82, 2.24) is 19.9 Å². The van der Waals surface area contributed by atoms with Crippen LogP contribution in [0.3, 0.4) is 0 Å². The summed E-state index contributed by atoms with van der Waals surface area (Å²) in [5, 5.41) is 9.14. The Bertz CT molecular complexity index is 1080. The maximum Gasteiger partial charge on any atom is 0.253 e. The van der Waals surface area contributed by atoms with Crippen LogP contribution in [0.1, 0.15) is 28.8 Å². The minimum atomic E-state index is -0.102. The van der Waals surface area contributed by atoms with Gasteiger partial charge in [-0.25, -0.2) is 9.97 Å². The second-order valence-corrected chi connectivity index (χ2v) is 8.04. The zero-order chi connectivity index (χ0) is 20.7. The highest BCUT2D eigenvalue weighted by Gasteiger charge is 2.52. The van der Waals surface area contributed by atoms with Gasteiger partial charge in [-0.3, -0.25) is 9.78 Å². The van der Waals surface area contributed by atoms with Crippen LogP contribution in [0.15, 0.2) is 55.0 Å². The van der Waals surface area contributed by atoms with Crippen molar-refractivity contribution in [3.8, 4) is 11.3 Å². The van der Waals surface area contributed by atoms with Gasteiger partial charge in [0.1, 0.15) is 0 Å². The second kappa shape index (κ2) is 7.18. The van der Waals surface area contributed by atoms with E-state index in [2.05, 4.69) is 25.9 Å². The maximum absolute atomic E-state index is 12.7. The van der Waals surface area contributed by atoms with Gasteiger partial charge in [0.25, 0.3) is 5.91 Å². The van der Waals surface area contributed by atoms with Gasteiger partial charge in [-0.1, -0.05) is 12.1 Å². The van der Waals surface area contributed by atoms with Crippen LogP contribution in [0.2, 0.25) is 0 Å². The van der Waals surface area contributed by atoms with E-state index in [4.69, 9.17) is 5.11 Å². The normalized spacial score (nSPS) is 15.9. The lowest BCUT2D eigenvalue weighted by atomic mass is 9.97. The highest BCUT2D eigenvalue weighted by atomic mass is 16.3. The van der Waals surface area contributed by atoms with Crippen LogP contribution in [0.5, 0.6) is 0 Å². The molecule has 3 aromatic rings. The molecule has 1 saturated carbocycles. The maximum atomic E-state index is 12.7. The number of rotatable bonds is 5. The SMILES string of the molecule is CN(CCO)C(=O)c1ccc2c(c1)N(c1ncc(-c3ccccn3)cn1)CC21CC1. The van der Waals surface area contributed by atoms with Crippen LogP contribution >= 0.6 is 0 Å². The van der Waals surface area contributed by atoms with E-state index >= 15 is 0 Å². The van der Waals surface area contributed by atoms with Gasteiger partial charge in [0.15, 0.2) is 0 Å². The van der Waals surface area contributed by atoms with E-state index in [0.717, 1.165) is 36.3 Å². The van der Waals surface area contributed by atoms with Crippen molar-refractivity contribution in [2.75, 3.05) is 31.6 Å². The second-order valence-electron chi connectivity index (χ2n) is 8.04. The lowest BCUT2D eigenvalue weighted by molar-refractivity contribution is 0.0767. The molecule has 2 aliphatic rings. The zero-order valence-electron chi connectivity index (χ0n) is 16.8. The summed E-state index contributed by atoms with van der Waals surface area (Å²) in [6.45, 7) is 1.08. The Labute approximate surface area is 175 Å². The summed E-state index contributed by atoms with van der Waals surface area (Å²) in [7, 11) is 1.70. The first-order valence-electron chi connectivity index (χ1n) is 10.1. The fourth-order valence-electron chi connectivity index (χ4n) is 4.16. The molecule has 1 spiro atoms. The molecule has 1 N–H and O–H groups in total. The molecule has 1 aromatic carbocycles. The summed E-state index contributed by atoms with van der Waals surface area (Å²) < 4.78 is 0. The Balaban J connectivity index is 1.48. The van der Waals surface area contributed by atoms with E-state index in [0.29, 0.717) is 18.1 Å². The molecule has 0 bridgehead atoms. The molecule has 1 aliphatic heterocycles. The number of aromatic nitrogens is 3. The van der Waals surface area contributed by atoms with E-state index in [1.54, 1.807) is 25.6 Å². The Morgan fingerprint density at radius 3 is 2.63 bits per heavy atom. The Hall–Kier alpha value is -3.32. The highest BCUT2D eigenvalue weighted by molar-refractivity contribution is 5.96. The van der Waals surface area contributed by atoms with Crippen molar-refractivity contribution in [3.05, 3.63) is 66.1 Å². The lowest BCUT2D eigenvalue weighted by Crippen LogP contribution is -2.29. The van der Waals surface area contributed by atoms with Gasteiger partial charge >= 0.3 is 0 Å². The van der Waals surface area contributed by atoms with Crippen molar-refractivity contribution in [1.29, 1.82) is 0 Å². The number of aliphatic hydroxyl groups excluding tert-OH is 1. The number of carbonyl (C=O) groups is 1. The van der Waals surface area contributed by atoms with Gasteiger partial charge in [0.05, 0.1) is 12.3 Å².